The van der Waals surface area contributed by atoms with Gasteiger partial charge in [-0.1, -0.05) is 53.5 Å². The minimum atomic E-state index is -0.242. The van der Waals surface area contributed by atoms with E-state index in [0.717, 1.165) is 17.0 Å². The first-order valence-electron chi connectivity index (χ1n) is 7.23. The van der Waals surface area contributed by atoms with E-state index in [-0.39, 0.29) is 5.91 Å². The number of aromatic nitrogens is 2. The van der Waals surface area contributed by atoms with Crippen molar-refractivity contribution in [1.82, 2.24) is 15.3 Å². The topological polar surface area (TPSA) is 54.9 Å². The highest BCUT2D eigenvalue weighted by molar-refractivity contribution is 6.42. The van der Waals surface area contributed by atoms with Crippen molar-refractivity contribution in [3.05, 3.63) is 82.2 Å². The summed E-state index contributed by atoms with van der Waals surface area (Å²) in [5.41, 5.74) is 2.97. The maximum absolute atomic E-state index is 12.2. The predicted octanol–water partition coefficient (Wildman–Crippen LogP) is 4.38. The number of nitrogens with zero attached hydrogens (tertiary/aromatic N) is 2. The Hall–Kier alpha value is -2.43. The first-order valence-corrected chi connectivity index (χ1v) is 7.98. The second-order valence-corrected chi connectivity index (χ2v) is 5.89. The monoisotopic (exact) mass is 357 g/mol. The number of hydrogen-bond donors (Lipinski definition) is 1. The average molecular weight is 358 g/mol. The van der Waals surface area contributed by atoms with E-state index in [4.69, 9.17) is 23.2 Å². The van der Waals surface area contributed by atoms with Gasteiger partial charge in [0, 0.05) is 11.1 Å². The molecule has 24 heavy (non-hydrogen) atoms. The summed E-state index contributed by atoms with van der Waals surface area (Å²) in [5.74, 6) is -0.242. The van der Waals surface area contributed by atoms with E-state index in [1.165, 1.54) is 12.4 Å². The fourth-order valence-corrected chi connectivity index (χ4v) is 2.47. The van der Waals surface area contributed by atoms with Crippen molar-refractivity contribution >= 4 is 29.1 Å². The minimum Gasteiger partial charge on any atom is -0.346 e. The lowest BCUT2D eigenvalue weighted by atomic mass is 10.1. The average Bonchev–Trinajstić information content (AvgIpc) is 2.63. The fourth-order valence-electron chi connectivity index (χ4n) is 2.17. The molecule has 0 bridgehead atoms. The van der Waals surface area contributed by atoms with Gasteiger partial charge in [0.15, 0.2) is 0 Å². The molecule has 0 radical (unpaired) electrons. The summed E-state index contributed by atoms with van der Waals surface area (Å²) in [6.07, 6.45) is 1.49. The summed E-state index contributed by atoms with van der Waals surface area (Å²) in [6.45, 7) is 0.293. The van der Waals surface area contributed by atoms with Gasteiger partial charge in [-0.05, 0) is 24.3 Å². The van der Waals surface area contributed by atoms with Crippen LogP contribution in [-0.4, -0.2) is 15.9 Å². The van der Waals surface area contributed by atoms with E-state index in [1.807, 2.05) is 36.4 Å². The Balaban J connectivity index is 1.70. The number of benzene rings is 2. The maximum atomic E-state index is 12.2. The molecule has 0 aliphatic heterocycles. The van der Waals surface area contributed by atoms with Gasteiger partial charge in [0.25, 0.3) is 5.91 Å². The minimum absolute atomic E-state index is 0.242. The number of carbonyl (C=O) groups is 1. The molecule has 0 unspecified atom stereocenters. The Morgan fingerprint density at radius 1 is 0.958 bits per heavy atom. The molecule has 0 atom stereocenters. The van der Waals surface area contributed by atoms with Crippen LogP contribution in [0.3, 0.4) is 0 Å². The van der Waals surface area contributed by atoms with Gasteiger partial charge in [-0.25, -0.2) is 9.97 Å². The zero-order valence-corrected chi connectivity index (χ0v) is 14.1. The van der Waals surface area contributed by atoms with E-state index >= 15 is 0 Å². The SMILES string of the molecule is O=C(NCc1cc(-c2ccccc2)ncn1)c1ccc(Cl)c(Cl)c1. The molecule has 3 aromatic rings. The zero-order valence-electron chi connectivity index (χ0n) is 12.5. The normalized spacial score (nSPS) is 10.4. The molecule has 6 heteroatoms. The molecule has 0 aliphatic carbocycles. The van der Waals surface area contributed by atoms with E-state index < -0.39 is 0 Å². The van der Waals surface area contributed by atoms with Crippen LogP contribution in [0, 0.1) is 0 Å². The first-order chi connectivity index (χ1) is 11.6. The molecule has 1 amide bonds. The van der Waals surface area contributed by atoms with Crippen molar-refractivity contribution < 1.29 is 4.79 Å². The molecule has 1 heterocycles. The summed E-state index contributed by atoms with van der Waals surface area (Å²) in [4.78, 5) is 20.6. The highest BCUT2D eigenvalue weighted by Gasteiger charge is 2.09. The Morgan fingerprint density at radius 3 is 2.50 bits per heavy atom. The van der Waals surface area contributed by atoms with Crippen LogP contribution in [0.1, 0.15) is 16.1 Å². The second kappa shape index (κ2) is 7.43. The van der Waals surface area contributed by atoms with Gasteiger partial charge in [0.05, 0.1) is 28.0 Å². The highest BCUT2D eigenvalue weighted by atomic mass is 35.5. The molecular weight excluding hydrogens is 345 g/mol. The van der Waals surface area contributed by atoms with Crippen molar-refractivity contribution in [3.8, 4) is 11.3 Å². The van der Waals surface area contributed by atoms with E-state index in [1.54, 1.807) is 12.1 Å². The Bertz CT molecular complexity index is 869. The van der Waals surface area contributed by atoms with Crippen molar-refractivity contribution in [2.75, 3.05) is 0 Å². The van der Waals surface area contributed by atoms with Crippen molar-refractivity contribution in [2.45, 2.75) is 6.54 Å². The van der Waals surface area contributed by atoms with Gasteiger partial charge in [0.2, 0.25) is 0 Å². The lowest BCUT2D eigenvalue weighted by Gasteiger charge is -2.07. The van der Waals surface area contributed by atoms with Crippen molar-refractivity contribution in [1.29, 1.82) is 0 Å². The first kappa shape index (κ1) is 16.4. The van der Waals surface area contributed by atoms with Crippen LogP contribution in [-0.2, 0) is 6.54 Å². The van der Waals surface area contributed by atoms with E-state index in [2.05, 4.69) is 15.3 Å². The van der Waals surface area contributed by atoms with Gasteiger partial charge in [-0.3, -0.25) is 4.79 Å². The number of carbonyl (C=O) groups excluding carboxylic acids is 1. The number of rotatable bonds is 4. The molecule has 0 fully saturated rings. The maximum Gasteiger partial charge on any atom is 0.251 e. The molecule has 2 aromatic carbocycles. The third-order valence-electron chi connectivity index (χ3n) is 3.41. The lowest BCUT2D eigenvalue weighted by molar-refractivity contribution is 0.0950. The van der Waals surface area contributed by atoms with E-state index in [0.29, 0.717) is 22.2 Å². The summed E-state index contributed by atoms with van der Waals surface area (Å²) in [7, 11) is 0. The number of halogens is 2. The van der Waals surface area contributed by atoms with Crippen LogP contribution < -0.4 is 5.32 Å². The molecular formula is C18H13Cl2N3O. The molecule has 0 saturated carbocycles. The summed E-state index contributed by atoms with van der Waals surface area (Å²) >= 11 is 11.8. The molecule has 4 nitrogen and oxygen atoms in total. The summed E-state index contributed by atoms with van der Waals surface area (Å²) in [5, 5.41) is 3.57. The third-order valence-corrected chi connectivity index (χ3v) is 4.14. The fraction of sp³-hybridized carbons (Fsp3) is 0.0556. The third kappa shape index (κ3) is 3.91. The second-order valence-electron chi connectivity index (χ2n) is 5.07. The van der Waals surface area contributed by atoms with E-state index in [9.17, 15) is 4.79 Å². The lowest BCUT2D eigenvalue weighted by Crippen LogP contribution is -2.23. The van der Waals surface area contributed by atoms with Crippen LogP contribution in [0.5, 0.6) is 0 Å². The van der Waals surface area contributed by atoms with Gasteiger partial charge < -0.3 is 5.32 Å². The smallest absolute Gasteiger partial charge is 0.251 e. The van der Waals surface area contributed by atoms with Crippen LogP contribution in [0.2, 0.25) is 10.0 Å². The number of amides is 1. The molecule has 1 N–H and O–H groups in total. The molecule has 0 spiro atoms. The van der Waals surface area contributed by atoms with Crippen LogP contribution >= 0.6 is 23.2 Å². The molecule has 3 rings (SSSR count). The predicted molar refractivity (Wildman–Crippen MR) is 95.1 cm³/mol. The molecule has 0 aliphatic rings. The number of nitrogens with one attached hydrogen (secondary N) is 1. The standard InChI is InChI=1S/C18H13Cl2N3O/c19-15-7-6-13(8-16(15)20)18(24)21-10-14-9-17(23-11-22-14)12-4-2-1-3-5-12/h1-9,11H,10H2,(H,21,24). The highest BCUT2D eigenvalue weighted by Crippen LogP contribution is 2.22. The van der Waals surface area contributed by atoms with Crippen LogP contribution in [0.15, 0.2) is 60.9 Å². The van der Waals surface area contributed by atoms with Gasteiger partial charge in [0.1, 0.15) is 6.33 Å². The largest absolute Gasteiger partial charge is 0.346 e. The van der Waals surface area contributed by atoms with Crippen molar-refractivity contribution in [2.24, 2.45) is 0 Å². The Labute approximate surface area is 149 Å². The molecule has 0 saturated heterocycles. The van der Waals surface area contributed by atoms with Crippen molar-refractivity contribution in [3.63, 3.8) is 0 Å². The quantitative estimate of drug-likeness (QED) is 0.753. The van der Waals surface area contributed by atoms with Gasteiger partial charge >= 0.3 is 0 Å². The van der Waals surface area contributed by atoms with Gasteiger partial charge in [-0.15, -0.1) is 0 Å². The molecule has 1 aromatic heterocycles. The van der Waals surface area contributed by atoms with Crippen LogP contribution in [0.25, 0.3) is 11.3 Å². The number of hydrogen-bond acceptors (Lipinski definition) is 3. The molecule has 120 valence electrons. The zero-order chi connectivity index (χ0) is 16.9. The summed E-state index contributed by atoms with van der Waals surface area (Å²) in [6, 6.07) is 16.4. The Kier molecular flexibility index (Phi) is 5.08. The van der Waals surface area contributed by atoms with Crippen LogP contribution in [0.4, 0.5) is 0 Å². The Morgan fingerprint density at radius 2 is 1.75 bits per heavy atom. The van der Waals surface area contributed by atoms with Gasteiger partial charge in [-0.2, -0.15) is 0 Å². The summed E-state index contributed by atoms with van der Waals surface area (Å²) < 4.78 is 0.